The van der Waals surface area contributed by atoms with Gasteiger partial charge in [-0.25, -0.2) is 4.99 Å². The summed E-state index contributed by atoms with van der Waals surface area (Å²) in [6, 6.07) is 17.4. The lowest BCUT2D eigenvalue weighted by Gasteiger charge is -2.09. The van der Waals surface area contributed by atoms with Crippen LogP contribution in [0.25, 0.3) is 0 Å². The van der Waals surface area contributed by atoms with Crippen LogP contribution >= 0.6 is 0 Å². The molecule has 116 valence electrons. The zero-order valence-electron chi connectivity index (χ0n) is 13.3. The molecule has 4 nitrogen and oxygen atoms in total. The Kier molecular flexibility index (Phi) is 4.40. The lowest BCUT2D eigenvalue weighted by molar-refractivity contribution is 0.820. The average molecular weight is 312 g/mol. The van der Waals surface area contributed by atoms with E-state index in [1.807, 2.05) is 49.4 Å². The van der Waals surface area contributed by atoms with Crippen molar-refractivity contribution >= 4 is 17.2 Å². The summed E-state index contributed by atoms with van der Waals surface area (Å²) in [5.74, 6) is 3.35. The number of fused-ring (bicyclic) bond motifs is 1. The van der Waals surface area contributed by atoms with E-state index in [0.717, 1.165) is 28.4 Å². The van der Waals surface area contributed by atoms with Crippen molar-refractivity contribution in [3.63, 3.8) is 0 Å². The lowest BCUT2D eigenvalue weighted by atomic mass is 9.99. The summed E-state index contributed by atoms with van der Waals surface area (Å²) in [4.78, 5) is 9.39. The molecule has 1 N–H and O–H groups in total. The molecule has 0 bridgehead atoms. The first-order chi connectivity index (χ1) is 11.7. The van der Waals surface area contributed by atoms with Gasteiger partial charge in [0.05, 0.1) is 35.6 Å². The monoisotopic (exact) mass is 312 g/mol. The van der Waals surface area contributed by atoms with Gasteiger partial charge in [-0.05, 0) is 25.1 Å². The Balaban J connectivity index is 2.12. The lowest BCUT2D eigenvalue weighted by Crippen LogP contribution is -2.33. The van der Waals surface area contributed by atoms with Gasteiger partial charge >= 0.3 is 0 Å². The molecule has 0 fully saturated rings. The van der Waals surface area contributed by atoms with E-state index in [0.29, 0.717) is 12.1 Å². The van der Waals surface area contributed by atoms with E-state index in [2.05, 4.69) is 22.3 Å². The van der Waals surface area contributed by atoms with Gasteiger partial charge in [0.15, 0.2) is 0 Å². The van der Waals surface area contributed by atoms with Crippen LogP contribution in [0.3, 0.4) is 0 Å². The minimum absolute atomic E-state index is 0.126. The summed E-state index contributed by atoms with van der Waals surface area (Å²) >= 11 is 0. The Bertz CT molecular complexity index is 895. The van der Waals surface area contributed by atoms with Crippen LogP contribution in [0.1, 0.15) is 23.6 Å². The Morgan fingerprint density at radius 2 is 2.00 bits per heavy atom. The predicted molar refractivity (Wildman–Crippen MR) is 96.6 cm³/mol. The van der Waals surface area contributed by atoms with Gasteiger partial charge in [-0.15, -0.1) is 6.42 Å². The van der Waals surface area contributed by atoms with Gasteiger partial charge in [0.25, 0.3) is 0 Å². The van der Waals surface area contributed by atoms with Crippen molar-refractivity contribution in [1.29, 1.82) is 5.26 Å². The van der Waals surface area contributed by atoms with E-state index < -0.39 is 0 Å². The van der Waals surface area contributed by atoms with Crippen molar-refractivity contribution in [2.45, 2.75) is 13.0 Å². The number of rotatable bonds is 2. The number of benzene rings is 2. The Labute approximate surface area is 141 Å². The second kappa shape index (κ2) is 6.81. The third-order valence-electron chi connectivity index (χ3n) is 3.70. The van der Waals surface area contributed by atoms with Gasteiger partial charge < -0.3 is 5.32 Å². The summed E-state index contributed by atoms with van der Waals surface area (Å²) in [6.07, 6.45) is 5.44. The number of aliphatic imine (C=N–C) groups is 2. The van der Waals surface area contributed by atoms with Crippen molar-refractivity contribution in [1.82, 2.24) is 5.32 Å². The van der Waals surface area contributed by atoms with Crippen molar-refractivity contribution in [3.05, 3.63) is 65.2 Å². The maximum absolute atomic E-state index is 9.21. The minimum atomic E-state index is -0.126. The Hall–Kier alpha value is -3.37. The molecule has 0 saturated carbocycles. The zero-order valence-corrected chi connectivity index (χ0v) is 13.3. The van der Waals surface area contributed by atoms with Gasteiger partial charge in [0.1, 0.15) is 5.84 Å². The molecular weight excluding hydrogens is 296 g/mol. The predicted octanol–water partition coefficient (Wildman–Crippen LogP) is 3.05. The van der Waals surface area contributed by atoms with Crippen molar-refractivity contribution < 1.29 is 0 Å². The van der Waals surface area contributed by atoms with E-state index in [4.69, 9.17) is 11.4 Å². The van der Waals surface area contributed by atoms with E-state index in [-0.39, 0.29) is 6.04 Å². The Morgan fingerprint density at radius 3 is 2.71 bits per heavy atom. The second-order valence-corrected chi connectivity index (χ2v) is 5.47. The second-order valence-electron chi connectivity index (χ2n) is 5.47. The van der Waals surface area contributed by atoms with Gasteiger partial charge in [0.2, 0.25) is 0 Å². The quantitative estimate of drug-likeness (QED) is 0.866. The molecule has 0 aromatic heterocycles. The smallest absolute Gasteiger partial charge is 0.125 e. The van der Waals surface area contributed by atoms with Crippen molar-refractivity contribution in [3.8, 4) is 18.4 Å². The SMILES string of the molecule is C#CC(C)NC1=Nc2ccc(C#N)cc2C(c2ccccc2)=NC1. The fourth-order valence-electron chi connectivity index (χ4n) is 2.52. The molecule has 1 aliphatic rings. The molecule has 1 heterocycles. The molecule has 0 radical (unpaired) electrons. The zero-order chi connectivity index (χ0) is 16.9. The highest BCUT2D eigenvalue weighted by Crippen LogP contribution is 2.26. The number of hydrogen-bond acceptors (Lipinski definition) is 4. The molecule has 2 aromatic carbocycles. The summed E-state index contributed by atoms with van der Waals surface area (Å²) in [6.45, 7) is 2.31. The summed E-state index contributed by atoms with van der Waals surface area (Å²) in [5, 5.41) is 12.4. The number of terminal acetylenes is 1. The van der Waals surface area contributed by atoms with Crippen LogP contribution in [-0.4, -0.2) is 24.1 Å². The molecule has 24 heavy (non-hydrogen) atoms. The van der Waals surface area contributed by atoms with Crippen LogP contribution in [0.5, 0.6) is 0 Å². The molecule has 0 amide bonds. The van der Waals surface area contributed by atoms with Crippen LogP contribution in [-0.2, 0) is 0 Å². The van der Waals surface area contributed by atoms with Crippen LogP contribution in [0.15, 0.2) is 58.5 Å². The topological polar surface area (TPSA) is 60.5 Å². The van der Waals surface area contributed by atoms with Crippen LogP contribution < -0.4 is 5.32 Å². The third-order valence-corrected chi connectivity index (χ3v) is 3.70. The highest BCUT2D eigenvalue weighted by Gasteiger charge is 2.17. The third kappa shape index (κ3) is 3.19. The maximum Gasteiger partial charge on any atom is 0.125 e. The first-order valence-electron chi connectivity index (χ1n) is 7.66. The highest BCUT2D eigenvalue weighted by molar-refractivity contribution is 6.17. The van der Waals surface area contributed by atoms with Gasteiger partial charge in [-0.1, -0.05) is 36.3 Å². The highest BCUT2D eigenvalue weighted by atomic mass is 15.0. The summed E-state index contributed by atoms with van der Waals surface area (Å²) in [7, 11) is 0. The van der Waals surface area contributed by atoms with Crippen LogP contribution in [0.4, 0.5) is 5.69 Å². The molecule has 0 spiro atoms. The number of hydrogen-bond donors (Lipinski definition) is 1. The summed E-state index contributed by atoms with van der Waals surface area (Å²) in [5.41, 5.74) is 4.04. The molecule has 1 unspecified atom stereocenters. The van der Waals surface area contributed by atoms with Gasteiger partial charge in [0, 0.05) is 11.1 Å². The summed E-state index contributed by atoms with van der Waals surface area (Å²) < 4.78 is 0. The van der Waals surface area contributed by atoms with E-state index in [9.17, 15) is 5.26 Å². The van der Waals surface area contributed by atoms with E-state index >= 15 is 0 Å². The average Bonchev–Trinajstić information content (AvgIpc) is 2.80. The number of nitriles is 1. The first-order valence-corrected chi connectivity index (χ1v) is 7.66. The maximum atomic E-state index is 9.21. The molecule has 1 atom stereocenters. The number of nitrogens with one attached hydrogen (secondary N) is 1. The molecule has 0 aliphatic carbocycles. The molecule has 0 saturated heterocycles. The number of amidine groups is 1. The molecule has 2 aromatic rings. The normalized spacial score (nSPS) is 14.1. The van der Waals surface area contributed by atoms with E-state index in [1.165, 1.54) is 0 Å². The van der Waals surface area contributed by atoms with Crippen molar-refractivity contribution in [2.75, 3.05) is 6.54 Å². The van der Waals surface area contributed by atoms with Crippen LogP contribution in [0.2, 0.25) is 0 Å². The van der Waals surface area contributed by atoms with Crippen LogP contribution in [0, 0.1) is 23.7 Å². The fourth-order valence-corrected chi connectivity index (χ4v) is 2.52. The first kappa shape index (κ1) is 15.5. The molecule has 4 heteroatoms. The van der Waals surface area contributed by atoms with E-state index in [1.54, 1.807) is 6.07 Å². The Morgan fingerprint density at radius 1 is 1.21 bits per heavy atom. The van der Waals surface area contributed by atoms with Gasteiger partial charge in [-0.3, -0.25) is 4.99 Å². The minimum Gasteiger partial charge on any atom is -0.359 e. The van der Waals surface area contributed by atoms with Crippen molar-refractivity contribution in [2.24, 2.45) is 9.98 Å². The standard InChI is InChI=1S/C20H16N4/c1-3-14(2)23-19-13-22-20(16-7-5-4-6-8-16)17-11-15(12-21)9-10-18(17)24-19/h1,4-11,14H,13H2,2H3,(H,23,24). The number of nitrogens with zero attached hydrogens (tertiary/aromatic N) is 3. The largest absolute Gasteiger partial charge is 0.359 e. The van der Waals surface area contributed by atoms with Gasteiger partial charge in [-0.2, -0.15) is 5.26 Å². The molecule has 3 rings (SSSR count). The molecular formula is C20H16N4. The fraction of sp³-hybridized carbons (Fsp3) is 0.150. The molecule has 1 aliphatic heterocycles.